The van der Waals surface area contributed by atoms with Crippen molar-refractivity contribution in [2.75, 3.05) is 13.2 Å². The van der Waals surface area contributed by atoms with Gasteiger partial charge in [-0.1, -0.05) is 46.0 Å². The first-order chi connectivity index (χ1) is 10.2. The standard InChI is InChI=1S/C19H35NO/c1-16(2)19(12-7-4-8-13-20-19)17-9-14-21-18(15-17)10-5-3-6-11-18/h16-17,20H,3-15H2,1-2H3. The van der Waals surface area contributed by atoms with Gasteiger partial charge >= 0.3 is 0 Å². The van der Waals surface area contributed by atoms with Gasteiger partial charge in [-0.2, -0.15) is 0 Å². The summed E-state index contributed by atoms with van der Waals surface area (Å²) in [5.74, 6) is 1.56. The van der Waals surface area contributed by atoms with Gasteiger partial charge in [-0.05, 0) is 56.9 Å². The van der Waals surface area contributed by atoms with E-state index in [4.69, 9.17) is 4.74 Å². The Morgan fingerprint density at radius 3 is 2.43 bits per heavy atom. The zero-order valence-electron chi connectivity index (χ0n) is 14.3. The smallest absolute Gasteiger partial charge is 0.0685 e. The van der Waals surface area contributed by atoms with Gasteiger partial charge < -0.3 is 10.1 Å². The van der Waals surface area contributed by atoms with Crippen molar-refractivity contribution in [3.63, 3.8) is 0 Å². The molecule has 1 spiro atoms. The van der Waals surface area contributed by atoms with E-state index in [-0.39, 0.29) is 5.60 Å². The van der Waals surface area contributed by atoms with E-state index in [0.717, 1.165) is 18.4 Å². The summed E-state index contributed by atoms with van der Waals surface area (Å²) in [5.41, 5.74) is 0.627. The Kier molecular flexibility index (Phi) is 4.95. The summed E-state index contributed by atoms with van der Waals surface area (Å²) in [7, 11) is 0. The first-order valence-corrected chi connectivity index (χ1v) is 9.56. The predicted octanol–water partition coefficient (Wildman–Crippen LogP) is 4.67. The third-order valence-electron chi connectivity index (χ3n) is 6.74. The van der Waals surface area contributed by atoms with Crippen molar-refractivity contribution in [1.29, 1.82) is 0 Å². The predicted molar refractivity (Wildman–Crippen MR) is 88.5 cm³/mol. The second-order valence-electron chi connectivity index (χ2n) is 8.21. The van der Waals surface area contributed by atoms with Crippen LogP contribution in [0.1, 0.15) is 84.5 Å². The summed E-state index contributed by atoms with van der Waals surface area (Å²) >= 11 is 0. The minimum Gasteiger partial charge on any atom is -0.375 e. The number of hydrogen-bond acceptors (Lipinski definition) is 2. The van der Waals surface area contributed by atoms with Crippen LogP contribution in [-0.4, -0.2) is 24.3 Å². The molecule has 2 unspecified atom stereocenters. The van der Waals surface area contributed by atoms with Crippen LogP contribution < -0.4 is 5.32 Å². The molecule has 0 bridgehead atoms. The SMILES string of the molecule is CC(C)C1(C2CCOC3(CCCCC3)C2)CCCCCN1. The van der Waals surface area contributed by atoms with Crippen LogP contribution in [0.15, 0.2) is 0 Å². The van der Waals surface area contributed by atoms with E-state index in [9.17, 15) is 0 Å². The monoisotopic (exact) mass is 293 g/mol. The summed E-state index contributed by atoms with van der Waals surface area (Å²) in [6, 6.07) is 0. The van der Waals surface area contributed by atoms with Crippen molar-refractivity contribution in [3.05, 3.63) is 0 Å². The molecule has 0 aromatic heterocycles. The van der Waals surface area contributed by atoms with Crippen LogP contribution in [0.2, 0.25) is 0 Å². The van der Waals surface area contributed by atoms with Crippen molar-refractivity contribution in [2.24, 2.45) is 11.8 Å². The maximum Gasteiger partial charge on any atom is 0.0685 e. The molecule has 2 atom stereocenters. The molecule has 3 fully saturated rings. The first kappa shape index (κ1) is 15.8. The summed E-state index contributed by atoms with van der Waals surface area (Å²) in [4.78, 5) is 0. The van der Waals surface area contributed by atoms with Crippen molar-refractivity contribution in [3.8, 4) is 0 Å². The quantitative estimate of drug-likeness (QED) is 0.798. The van der Waals surface area contributed by atoms with Crippen LogP contribution >= 0.6 is 0 Å². The normalized spacial score (nSPS) is 37.6. The van der Waals surface area contributed by atoms with E-state index in [2.05, 4.69) is 19.2 Å². The average molecular weight is 293 g/mol. The van der Waals surface area contributed by atoms with Gasteiger partial charge in [-0.15, -0.1) is 0 Å². The second-order valence-corrected chi connectivity index (χ2v) is 8.21. The van der Waals surface area contributed by atoms with Gasteiger partial charge in [0.25, 0.3) is 0 Å². The molecule has 2 aliphatic heterocycles. The van der Waals surface area contributed by atoms with Crippen LogP contribution in [-0.2, 0) is 4.74 Å². The van der Waals surface area contributed by atoms with Gasteiger partial charge in [0.1, 0.15) is 0 Å². The van der Waals surface area contributed by atoms with Crippen molar-refractivity contribution in [1.82, 2.24) is 5.32 Å². The van der Waals surface area contributed by atoms with Gasteiger partial charge in [0, 0.05) is 12.1 Å². The molecule has 0 aromatic carbocycles. The number of rotatable bonds is 2. The third-order valence-corrected chi connectivity index (χ3v) is 6.74. The molecular formula is C19H35NO. The van der Waals surface area contributed by atoms with Gasteiger partial charge in [-0.3, -0.25) is 0 Å². The van der Waals surface area contributed by atoms with E-state index in [1.54, 1.807) is 0 Å². The highest BCUT2D eigenvalue weighted by Crippen LogP contribution is 2.47. The van der Waals surface area contributed by atoms with Gasteiger partial charge in [0.15, 0.2) is 0 Å². The topological polar surface area (TPSA) is 21.3 Å². The van der Waals surface area contributed by atoms with E-state index < -0.39 is 0 Å². The molecule has 21 heavy (non-hydrogen) atoms. The van der Waals surface area contributed by atoms with Crippen LogP contribution in [0.25, 0.3) is 0 Å². The Morgan fingerprint density at radius 2 is 1.67 bits per heavy atom. The number of nitrogens with one attached hydrogen (secondary N) is 1. The number of hydrogen-bond donors (Lipinski definition) is 1. The number of ether oxygens (including phenoxy) is 1. The lowest BCUT2D eigenvalue weighted by molar-refractivity contribution is -0.134. The van der Waals surface area contributed by atoms with Crippen LogP contribution in [0.4, 0.5) is 0 Å². The zero-order valence-corrected chi connectivity index (χ0v) is 14.3. The lowest BCUT2D eigenvalue weighted by atomic mass is 9.64. The Bertz CT molecular complexity index is 319. The molecule has 3 aliphatic rings. The molecule has 122 valence electrons. The highest BCUT2D eigenvalue weighted by molar-refractivity contribution is 5.03. The Hall–Kier alpha value is -0.0800. The largest absolute Gasteiger partial charge is 0.375 e. The molecule has 1 aliphatic carbocycles. The van der Waals surface area contributed by atoms with E-state index in [0.29, 0.717) is 5.54 Å². The van der Waals surface area contributed by atoms with E-state index in [1.807, 2.05) is 0 Å². The van der Waals surface area contributed by atoms with Crippen LogP contribution in [0.3, 0.4) is 0 Å². The molecule has 2 saturated heterocycles. The minimum atomic E-state index is 0.247. The highest BCUT2D eigenvalue weighted by atomic mass is 16.5. The van der Waals surface area contributed by atoms with Crippen molar-refractivity contribution < 1.29 is 4.74 Å². The summed E-state index contributed by atoms with van der Waals surface area (Å²) in [6.07, 6.45) is 15.0. The molecule has 0 amide bonds. The maximum atomic E-state index is 6.36. The average Bonchev–Trinajstić information content (AvgIpc) is 2.75. The fraction of sp³-hybridized carbons (Fsp3) is 1.00. The molecule has 3 rings (SSSR count). The van der Waals surface area contributed by atoms with Crippen LogP contribution in [0, 0.1) is 11.8 Å². The Labute approximate surface area is 131 Å². The van der Waals surface area contributed by atoms with Crippen molar-refractivity contribution >= 4 is 0 Å². The second kappa shape index (κ2) is 6.58. The van der Waals surface area contributed by atoms with E-state index >= 15 is 0 Å². The van der Waals surface area contributed by atoms with Crippen LogP contribution in [0.5, 0.6) is 0 Å². The molecule has 0 aromatic rings. The van der Waals surface area contributed by atoms with Crippen molar-refractivity contribution in [2.45, 2.75) is 95.6 Å². The molecule has 2 heterocycles. The minimum absolute atomic E-state index is 0.247. The lowest BCUT2D eigenvalue weighted by Crippen LogP contribution is -2.59. The van der Waals surface area contributed by atoms with Gasteiger partial charge in [0.05, 0.1) is 5.60 Å². The summed E-state index contributed by atoms with van der Waals surface area (Å²) in [5, 5.41) is 4.03. The Balaban J connectivity index is 1.78. The highest BCUT2D eigenvalue weighted by Gasteiger charge is 2.48. The third kappa shape index (κ3) is 3.17. The summed E-state index contributed by atoms with van der Waals surface area (Å²) in [6.45, 7) is 7.12. The lowest BCUT2D eigenvalue weighted by Gasteiger charge is -2.52. The van der Waals surface area contributed by atoms with Gasteiger partial charge in [0.2, 0.25) is 0 Å². The zero-order chi connectivity index (χ0) is 14.8. The first-order valence-electron chi connectivity index (χ1n) is 9.56. The maximum absolute atomic E-state index is 6.36. The molecule has 1 saturated carbocycles. The molecule has 0 radical (unpaired) electrons. The Morgan fingerprint density at radius 1 is 0.952 bits per heavy atom. The van der Waals surface area contributed by atoms with E-state index in [1.165, 1.54) is 77.2 Å². The summed E-state index contributed by atoms with van der Waals surface area (Å²) < 4.78 is 6.36. The molecule has 2 heteroatoms. The van der Waals surface area contributed by atoms with Gasteiger partial charge in [-0.25, -0.2) is 0 Å². The molecular weight excluding hydrogens is 258 g/mol. The molecule has 1 N–H and O–H groups in total. The molecule has 2 nitrogen and oxygen atoms in total. The fourth-order valence-electron chi connectivity index (χ4n) is 5.45. The fourth-order valence-corrected chi connectivity index (χ4v) is 5.45.